The van der Waals surface area contributed by atoms with Crippen LogP contribution < -0.4 is 0 Å². The van der Waals surface area contributed by atoms with E-state index < -0.39 is 19.5 Å². The minimum absolute atomic E-state index is 0.202. The molecule has 1 heterocycles. The van der Waals surface area contributed by atoms with Crippen molar-refractivity contribution in [1.82, 2.24) is 0 Å². The standard InChI is InChI=1S/C20H29BrO2Si/c1-19(2)22-18(20(23-19)15-11-10-13-17(20)21)14-9-7-6-8-12-16-24(3,4)5/h13,18H,6-8,10-11,15H2,1-5H3/t18-,20+/m0/s1. The van der Waals surface area contributed by atoms with Crippen LogP contribution in [-0.4, -0.2) is 25.6 Å². The Labute approximate surface area is 156 Å². The van der Waals surface area contributed by atoms with Crippen molar-refractivity contribution in [3.8, 4) is 23.3 Å². The second-order valence-corrected chi connectivity index (χ2v) is 13.7. The zero-order valence-electron chi connectivity index (χ0n) is 15.6. The summed E-state index contributed by atoms with van der Waals surface area (Å²) in [5.41, 5.74) is 2.98. The summed E-state index contributed by atoms with van der Waals surface area (Å²) in [6.45, 7) is 10.8. The van der Waals surface area contributed by atoms with E-state index in [0.717, 1.165) is 43.0 Å². The quantitative estimate of drug-likeness (QED) is 0.346. The molecule has 4 heteroatoms. The van der Waals surface area contributed by atoms with Gasteiger partial charge in [0, 0.05) is 17.3 Å². The van der Waals surface area contributed by atoms with Gasteiger partial charge >= 0.3 is 0 Å². The summed E-state index contributed by atoms with van der Waals surface area (Å²) in [7, 11) is -1.24. The van der Waals surface area contributed by atoms with Crippen molar-refractivity contribution in [3.05, 3.63) is 10.6 Å². The Morgan fingerprint density at radius 2 is 1.96 bits per heavy atom. The molecular formula is C20H29BrO2Si. The van der Waals surface area contributed by atoms with Crippen molar-refractivity contribution in [3.63, 3.8) is 0 Å². The largest absolute Gasteiger partial charge is 0.335 e. The van der Waals surface area contributed by atoms with Crippen molar-refractivity contribution in [2.45, 2.75) is 89.5 Å². The minimum atomic E-state index is -1.24. The summed E-state index contributed by atoms with van der Waals surface area (Å²) in [5.74, 6) is 9.33. The average Bonchev–Trinajstić information content (AvgIpc) is 2.71. The third kappa shape index (κ3) is 5.23. The summed E-state index contributed by atoms with van der Waals surface area (Å²) in [6, 6.07) is 0. The zero-order chi connectivity index (χ0) is 17.8. The SMILES string of the molecule is CC1(C)O[C@@H](C#CCCCC#C[Si](C)(C)C)[C@]2(CCCC=C2Br)O1. The molecule has 1 spiro atoms. The van der Waals surface area contributed by atoms with E-state index in [4.69, 9.17) is 9.47 Å². The molecule has 2 atom stereocenters. The molecule has 0 unspecified atom stereocenters. The highest BCUT2D eigenvalue weighted by Gasteiger charge is 2.54. The zero-order valence-corrected chi connectivity index (χ0v) is 18.2. The van der Waals surface area contributed by atoms with Gasteiger partial charge in [0.2, 0.25) is 0 Å². The number of ether oxygens (including phenoxy) is 2. The van der Waals surface area contributed by atoms with Crippen LogP contribution in [0.3, 0.4) is 0 Å². The van der Waals surface area contributed by atoms with Crippen LogP contribution in [0.25, 0.3) is 0 Å². The van der Waals surface area contributed by atoms with Crippen LogP contribution in [0.1, 0.15) is 52.4 Å². The van der Waals surface area contributed by atoms with E-state index in [1.165, 1.54) is 0 Å². The highest BCUT2D eigenvalue weighted by molar-refractivity contribution is 9.11. The average molecular weight is 409 g/mol. The molecule has 0 saturated carbocycles. The summed E-state index contributed by atoms with van der Waals surface area (Å²) in [5, 5.41) is 0. The third-order valence-corrected chi connectivity index (χ3v) is 5.95. The van der Waals surface area contributed by atoms with Gasteiger partial charge in [-0.25, -0.2) is 0 Å². The lowest BCUT2D eigenvalue weighted by molar-refractivity contribution is -0.155. The summed E-state index contributed by atoms with van der Waals surface area (Å²) < 4.78 is 13.5. The fourth-order valence-corrected chi connectivity index (χ4v) is 4.41. The molecule has 0 aromatic heterocycles. The van der Waals surface area contributed by atoms with Crippen molar-refractivity contribution < 1.29 is 9.47 Å². The maximum atomic E-state index is 6.28. The van der Waals surface area contributed by atoms with Gasteiger partial charge < -0.3 is 9.47 Å². The molecule has 0 N–H and O–H groups in total. The Bertz CT molecular complexity index is 610. The van der Waals surface area contributed by atoms with Crippen LogP contribution in [0.15, 0.2) is 10.6 Å². The van der Waals surface area contributed by atoms with Crippen LogP contribution in [-0.2, 0) is 9.47 Å². The molecule has 0 amide bonds. The van der Waals surface area contributed by atoms with Gasteiger partial charge in [0.15, 0.2) is 11.9 Å². The topological polar surface area (TPSA) is 18.5 Å². The normalized spacial score (nSPS) is 28.6. The van der Waals surface area contributed by atoms with Gasteiger partial charge in [0.05, 0.1) is 0 Å². The van der Waals surface area contributed by atoms with Gasteiger partial charge in [0.1, 0.15) is 13.7 Å². The van der Waals surface area contributed by atoms with E-state index in [0.29, 0.717) is 0 Å². The molecule has 1 aliphatic carbocycles. The van der Waals surface area contributed by atoms with Crippen LogP contribution in [0.5, 0.6) is 0 Å². The molecular weight excluding hydrogens is 380 g/mol. The van der Waals surface area contributed by atoms with E-state index in [-0.39, 0.29) is 6.10 Å². The van der Waals surface area contributed by atoms with E-state index in [2.05, 4.69) is 65.0 Å². The maximum Gasteiger partial charge on any atom is 0.166 e. The van der Waals surface area contributed by atoms with Gasteiger partial charge in [-0.05, 0) is 39.5 Å². The molecule has 0 bridgehead atoms. The molecule has 0 aromatic rings. The van der Waals surface area contributed by atoms with Gasteiger partial charge in [0.25, 0.3) is 0 Å². The third-order valence-electron chi connectivity index (χ3n) is 4.03. The van der Waals surface area contributed by atoms with Crippen molar-refractivity contribution in [1.29, 1.82) is 0 Å². The first-order valence-corrected chi connectivity index (χ1v) is 13.2. The lowest BCUT2D eigenvalue weighted by Gasteiger charge is -2.33. The monoisotopic (exact) mass is 408 g/mol. The van der Waals surface area contributed by atoms with E-state index in [9.17, 15) is 0 Å². The molecule has 1 saturated heterocycles. The smallest absolute Gasteiger partial charge is 0.166 e. The first-order chi connectivity index (χ1) is 11.1. The number of halogens is 1. The fraction of sp³-hybridized carbons (Fsp3) is 0.700. The molecule has 1 aliphatic heterocycles. The van der Waals surface area contributed by atoms with E-state index in [1.807, 2.05) is 13.8 Å². The molecule has 0 aromatic carbocycles. The highest BCUT2D eigenvalue weighted by atomic mass is 79.9. The van der Waals surface area contributed by atoms with Crippen LogP contribution in [0, 0.1) is 23.3 Å². The molecule has 2 aliphatic rings. The number of hydrogen-bond donors (Lipinski definition) is 0. The predicted octanol–water partition coefficient (Wildman–Crippen LogP) is 5.39. The lowest BCUT2D eigenvalue weighted by Crippen LogP contribution is -2.41. The van der Waals surface area contributed by atoms with Crippen LogP contribution in [0.4, 0.5) is 0 Å². The molecule has 2 nitrogen and oxygen atoms in total. The molecule has 1 fully saturated rings. The minimum Gasteiger partial charge on any atom is -0.335 e. The van der Waals surface area contributed by atoms with Crippen molar-refractivity contribution in [2.24, 2.45) is 0 Å². The summed E-state index contributed by atoms with van der Waals surface area (Å²) in [4.78, 5) is 0. The Hall–Kier alpha value is -0.523. The molecule has 2 rings (SSSR count). The predicted molar refractivity (Wildman–Crippen MR) is 106 cm³/mol. The number of hydrogen-bond acceptors (Lipinski definition) is 2. The van der Waals surface area contributed by atoms with Crippen molar-refractivity contribution >= 4 is 24.0 Å². The fourth-order valence-electron chi connectivity index (χ4n) is 3.04. The maximum absolute atomic E-state index is 6.28. The van der Waals surface area contributed by atoms with Gasteiger partial charge in [-0.15, -0.1) is 17.4 Å². The summed E-state index contributed by atoms with van der Waals surface area (Å²) >= 11 is 3.70. The Morgan fingerprint density at radius 1 is 1.25 bits per heavy atom. The van der Waals surface area contributed by atoms with Gasteiger partial charge in [-0.1, -0.05) is 47.6 Å². The first-order valence-electron chi connectivity index (χ1n) is 8.87. The second-order valence-electron chi connectivity index (χ2n) is 8.06. The van der Waals surface area contributed by atoms with Crippen molar-refractivity contribution in [2.75, 3.05) is 0 Å². The first kappa shape index (κ1) is 19.8. The van der Waals surface area contributed by atoms with Crippen LogP contribution in [0.2, 0.25) is 19.6 Å². The van der Waals surface area contributed by atoms with Gasteiger partial charge in [-0.3, -0.25) is 0 Å². The molecule has 24 heavy (non-hydrogen) atoms. The number of allylic oxidation sites excluding steroid dienone is 1. The van der Waals surface area contributed by atoms with E-state index in [1.54, 1.807) is 0 Å². The molecule has 0 radical (unpaired) electrons. The number of rotatable bonds is 2. The Balaban J connectivity index is 1.97. The van der Waals surface area contributed by atoms with E-state index >= 15 is 0 Å². The Morgan fingerprint density at radius 3 is 2.62 bits per heavy atom. The number of unbranched alkanes of at least 4 members (excludes halogenated alkanes) is 2. The Kier molecular flexibility index (Phi) is 6.43. The van der Waals surface area contributed by atoms with Crippen LogP contribution >= 0.6 is 15.9 Å². The highest BCUT2D eigenvalue weighted by Crippen LogP contribution is 2.48. The van der Waals surface area contributed by atoms with Gasteiger partial charge in [-0.2, -0.15) is 0 Å². The molecule has 132 valence electrons. The lowest BCUT2D eigenvalue weighted by atomic mass is 9.86. The summed E-state index contributed by atoms with van der Waals surface area (Å²) in [6.07, 6.45) is 7.96. The second kappa shape index (κ2) is 7.79.